The molecule has 1 atom stereocenters. The number of halogens is 1. The monoisotopic (exact) mass is 333 g/mol. The molecule has 1 saturated heterocycles. The van der Waals surface area contributed by atoms with Crippen molar-refractivity contribution in [3.05, 3.63) is 60.2 Å². The molecule has 1 N–H and O–H groups in total. The summed E-state index contributed by atoms with van der Waals surface area (Å²) in [6, 6.07) is 18.5. The maximum absolute atomic E-state index is 10.4. The van der Waals surface area contributed by atoms with Crippen LogP contribution >= 0.6 is 12.4 Å². The summed E-state index contributed by atoms with van der Waals surface area (Å²) in [7, 11) is 0. The third-order valence-corrected chi connectivity index (χ3v) is 4.23. The third kappa shape index (κ3) is 5.05. The minimum atomic E-state index is -0.396. The van der Waals surface area contributed by atoms with Gasteiger partial charge in [-0.05, 0) is 23.1 Å². The number of aliphatic hydroxyl groups is 1. The van der Waals surface area contributed by atoms with Gasteiger partial charge >= 0.3 is 0 Å². The normalized spacial score (nSPS) is 16.6. The highest BCUT2D eigenvalue weighted by molar-refractivity contribution is 5.85. The molecule has 1 unspecified atom stereocenters. The first-order valence-electron chi connectivity index (χ1n) is 7.96. The number of nitrogens with zero attached hydrogens (tertiary/aromatic N) is 1. The van der Waals surface area contributed by atoms with Crippen molar-refractivity contribution in [1.29, 1.82) is 0 Å². The molecule has 0 saturated carbocycles. The topological polar surface area (TPSA) is 32.7 Å². The second-order valence-electron chi connectivity index (χ2n) is 5.75. The van der Waals surface area contributed by atoms with Crippen LogP contribution in [-0.4, -0.2) is 42.9 Å². The largest absolute Gasteiger partial charge is 0.388 e. The van der Waals surface area contributed by atoms with Crippen LogP contribution in [0.15, 0.2) is 54.6 Å². The van der Waals surface area contributed by atoms with Gasteiger partial charge in [-0.1, -0.05) is 54.6 Å². The molecule has 3 nitrogen and oxygen atoms in total. The zero-order valence-electron chi connectivity index (χ0n) is 13.2. The Bertz CT molecular complexity index is 568. The van der Waals surface area contributed by atoms with Crippen molar-refractivity contribution in [2.45, 2.75) is 12.5 Å². The molecule has 3 rings (SSSR count). The molecule has 1 fully saturated rings. The molecule has 0 amide bonds. The van der Waals surface area contributed by atoms with Crippen LogP contribution in [0.5, 0.6) is 0 Å². The van der Waals surface area contributed by atoms with Crippen molar-refractivity contribution >= 4 is 12.4 Å². The molecule has 124 valence electrons. The van der Waals surface area contributed by atoms with E-state index in [9.17, 15) is 5.11 Å². The summed E-state index contributed by atoms with van der Waals surface area (Å²) in [4.78, 5) is 2.35. The van der Waals surface area contributed by atoms with Gasteiger partial charge in [0.25, 0.3) is 0 Å². The van der Waals surface area contributed by atoms with Gasteiger partial charge in [0.15, 0.2) is 0 Å². The summed E-state index contributed by atoms with van der Waals surface area (Å²) in [5, 5.41) is 10.4. The van der Waals surface area contributed by atoms with E-state index in [2.05, 4.69) is 29.2 Å². The van der Waals surface area contributed by atoms with E-state index in [1.54, 1.807) is 0 Å². The zero-order chi connectivity index (χ0) is 15.2. The lowest BCUT2D eigenvalue weighted by molar-refractivity contribution is 0.0300. The molecular weight excluding hydrogens is 310 g/mol. The Hall–Kier alpha value is -1.39. The summed E-state index contributed by atoms with van der Waals surface area (Å²) >= 11 is 0. The molecule has 2 aromatic carbocycles. The Balaban J connectivity index is 0.00000192. The summed E-state index contributed by atoms with van der Waals surface area (Å²) in [5.74, 6) is 0. The minimum Gasteiger partial charge on any atom is -0.388 e. The number of hydrogen-bond donors (Lipinski definition) is 1. The number of aliphatic hydroxyl groups excluding tert-OH is 1. The van der Waals surface area contributed by atoms with Gasteiger partial charge in [-0.2, -0.15) is 0 Å². The smallest absolute Gasteiger partial charge is 0.0802 e. The highest BCUT2D eigenvalue weighted by Gasteiger charge is 2.13. The average Bonchev–Trinajstić information content (AvgIpc) is 2.61. The second kappa shape index (κ2) is 9.04. The molecule has 0 spiro atoms. The van der Waals surface area contributed by atoms with Gasteiger partial charge in [-0.3, -0.25) is 4.90 Å². The van der Waals surface area contributed by atoms with Crippen molar-refractivity contribution in [3.8, 4) is 11.1 Å². The summed E-state index contributed by atoms with van der Waals surface area (Å²) in [5.41, 5.74) is 3.38. The Morgan fingerprint density at radius 3 is 2.17 bits per heavy atom. The fraction of sp³-hybridized carbons (Fsp3) is 0.368. The van der Waals surface area contributed by atoms with Gasteiger partial charge in [-0.25, -0.2) is 0 Å². The Morgan fingerprint density at radius 1 is 0.913 bits per heavy atom. The van der Waals surface area contributed by atoms with Crippen molar-refractivity contribution in [2.75, 3.05) is 32.8 Å². The first kappa shape index (κ1) is 18.0. The second-order valence-corrected chi connectivity index (χ2v) is 5.75. The lowest BCUT2D eigenvalue weighted by Gasteiger charge is -2.27. The third-order valence-electron chi connectivity index (χ3n) is 4.23. The predicted molar refractivity (Wildman–Crippen MR) is 96.0 cm³/mol. The van der Waals surface area contributed by atoms with Crippen LogP contribution in [0.1, 0.15) is 18.1 Å². The van der Waals surface area contributed by atoms with Gasteiger partial charge in [-0.15, -0.1) is 12.4 Å². The SMILES string of the molecule is Cl.OC(CCN1CCOCC1)c1ccc(-c2ccccc2)cc1. The number of hydrogen-bond acceptors (Lipinski definition) is 3. The molecule has 0 aliphatic carbocycles. The van der Waals surface area contributed by atoms with E-state index >= 15 is 0 Å². The van der Waals surface area contributed by atoms with Crippen molar-refractivity contribution in [3.63, 3.8) is 0 Å². The molecule has 23 heavy (non-hydrogen) atoms. The Labute approximate surface area is 144 Å². The van der Waals surface area contributed by atoms with Crippen LogP contribution in [-0.2, 0) is 4.74 Å². The summed E-state index contributed by atoms with van der Waals surface area (Å²) < 4.78 is 5.34. The van der Waals surface area contributed by atoms with Crippen molar-refractivity contribution < 1.29 is 9.84 Å². The quantitative estimate of drug-likeness (QED) is 0.908. The van der Waals surface area contributed by atoms with Crippen LogP contribution in [0.25, 0.3) is 11.1 Å². The lowest BCUT2D eigenvalue weighted by Crippen LogP contribution is -2.37. The van der Waals surface area contributed by atoms with Crippen LogP contribution in [0.3, 0.4) is 0 Å². The fourth-order valence-corrected chi connectivity index (χ4v) is 2.82. The standard InChI is InChI=1S/C19H23NO2.ClH/c21-19(10-11-20-12-14-22-15-13-20)18-8-6-17(7-9-18)16-4-2-1-3-5-16;/h1-9,19,21H,10-15H2;1H. The van der Waals surface area contributed by atoms with Gasteiger partial charge in [0.1, 0.15) is 0 Å². The van der Waals surface area contributed by atoms with E-state index < -0.39 is 6.10 Å². The number of rotatable bonds is 5. The fourth-order valence-electron chi connectivity index (χ4n) is 2.82. The molecule has 0 aromatic heterocycles. The van der Waals surface area contributed by atoms with Gasteiger partial charge < -0.3 is 9.84 Å². The first-order valence-corrected chi connectivity index (χ1v) is 7.96. The average molecular weight is 334 g/mol. The zero-order valence-corrected chi connectivity index (χ0v) is 14.0. The Kier molecular flexibility index (Phi) is 7.06. The molecule has 1 aliphatic rings. The maximum atomic E-state index is 10.4. The number of ether oxygens (including phenoxy) is 1. The molecule has 4 heteroatoms. The molecule has 0 radical (unpaired) electrons. The van der Waals surface area contributed by atoms with E-state index in [0.717, 1.165) is 44.8 Å². The Morgan fingerprint density at radius 2 is 1.52 bits per heavy atom. The van der Waals surface area contributed by atoms with Crippen molar-refractivity contribution in [1.82, 2.24) is 4.90 Å². The van der Waals surface area contributed by atoms with Crippen LogP contribution in [0, 0.1) is 0 Å². The number of morpholine rings is 1. The number of benzene rings is 2. The van der Waals surface area contributed by atoms with Crippen LogP contribution < -0.4 is 0 Å². The van der Waals surface area contributed by atoms with Crippen LogP contribution in [0.2, 0.25) is 0 Å². The highest BCUT2D eigenvalue weighted by Crippen LogP contribution is 2.23. The molecule has 2 aromatic rings. The molecular formula is C19H24ClNO2. The van der Waals surface area contributed by atoms with Crippen LogP contribution in [0.4, 0.5) is 0 Å². The van der Waals surface area contributed by atoms with E-state index in [4.69, 9.17) is 4.74 Å². The van der Waals surface area contributed by atoms with E-state index in [0.29, 0.717) is 0 Å². The van der Waals surface area contributed by atoms with Gasteiger partial charge in [0, 0.05) is 19.6 Å². The van der Waals surface area contributed by atoms with Gasteiger partial charge in [0.05, 0.1) is 19.3 Å². The minimum absolute atomic E-state index is 0. The van der Waals surface area contributed by atoms with E-state index in [1.165, 1.54) is 11.1 Å². The van der Waals surface area contributed by atoms with Crippen molar-refractivity contribution in [2.24, 2.45) is 0 Å². The highest BCUT2D eigenvalue weighted by atomic mass is 35.5. The molecule has 0 bridgehead atoms. The molecule has 1 aliphatic heterocycles. The maximum Gasteiger partial charge on any atom is 0.0802 e. The summed E-state index contributed by atoms with van der Waals surface area (Å²) in [6.45, 7) is 4.48. The van der Waals surface area contributed by atoms with Gasteiger partial charge in [0.2, 0.25) is 0 Å². The first-order chi connectivity index (χ1) is 10.8. The van der Waals surface area contributed by atoms with E-state index in [-0.39, 0.29) is 12.4 Å². The molecule has 1 heterocycles. The lowest BCUT2D eigenvalue weighted by atomic mass is 10.0. The predicted octanol–water partition coefficient (Wildman–Crippen LogP) is 3.53. The summed E-state index contributed by atoms with van der Waals surface area (Å²) in [6.07, 6.45) is 0.373. The van der Waals surface area contributed by atoms with E-state index in [1.807, 2.05) is 30.3 Å².